The number of unbranched alkanes of at least 4 members (excludes halogenated alkanes) is 1. The van der Waals surface area contributed by atoms with E-state index >= 15 is 0 Å². The molecule has 24 heavy (non-hydrogen) atoms. The molecule has 1 N–H and O–H groups in total. The second-order valence-corrected chi connectivity index (χ2v) is 6.90. The molecule has 0 saturated carbocycles. The number of carbonyl (C=O) groups is 3. The van der Waals surface area contributed by atoms with Crippen molar-refractivity contribution in [2.45, 2.75) is 19.8 Å². The number of imide groups is 1. The van der Waals surface area contributed by atoms with Gasteiger partial charge in [0, 0.05) is 0 Å². The Balaban J connectivity index is 2.06. The molecule has 1 aliphatic heterocycles. The average molecular weight is 414 g/mol. The Morgan fingerprint density at radius 3 is 2.83 bits per heavy atom. The number of nitrogens with zero attached hydrogens (tertiary/aromatic N) is 1. The topological polar surface area (TPSA) is 83.9 Å². The zero-order chi connectivity index (χ0) is 17.7. The number of ether oxygens (including phenoxy) is 1. The summed E-state index contributed by atoms with van der Waals surface area (Å²) in [6, 6.07) is 4.72. The molecule has 0 aromatic heterocycles. The van der Waals surface area contributed by atoms with Crippen molar-refractivity contribution in [1.29, 1.82) is 0 Å². The highest BCUT2D eigenvalue weighted by atomic mass is 79.9. The first-order chi connectivity index (χ1) is 11.4. The molecule has 8 heteroatoms. The fraction of sp³-hybridized carbons (Fsp3) is 0.312. The van der Waals surface area contributed by atoms with E-state index in [1.54, 1.807) is 12.1 Å². The van der Waals surface area contributed by atoms with E-state index in [-0.39, 0.29) is 23.8 Å². The van der Waals surface area contributed by atoms with Crippen molar-refractivity contribution in [3.63, 3.8) is 0 Å². The minimum Gasteiger partial charge on any atom is -0.507 e. The molecule has 0 unspecified atom stereocenters. The Hall–Kier alpha value is -1.80. The molecular weight excluding hydrogens is 398 g/mol. The van der Waals surface area contributed by atoms with Gasteiger partial charge in [-0.25, -0.2) is 0 Å². The van der Waals surface area contributed by atoms with Crippen LogP contribution >= 0.6 is 27.7 Å². The normalized spacial score (nSPS) is 16.1. The summed E-state index contributed by atoms with van der Waals surface area (Å²) in [5.74, 6) is -1.05. The lowest BCUT2D eigenvalue weighted by Gasteiger charge is -2.11. The van der Waals surface area contributed by atoms with E-state index in [1.165, 1.54) is 12.1 Å². The summed E-state index contributed by atoms with van der Waals surface area (Å²) in [6.07, 6.45) is 3.17. The van der Waals surface area contributed by atoms with Crippen molar-refractivity contribution in [2.75, 3.05) is 13.2 Å². The van der Waals surface area contributed by atoms with Crippen LogP contribution in [0.25, 0.3) is 6.08 Å². The average Bonchev–Trinajstić information content (AvgIpc) is 2.79. The number of phenolic OH excluding ortho intramolecular Hbond substituents is 1. The van der Waals surface area contributed by atoms with Crippen LogP contribution < -0.4 is 0 Å². The van der Waals surface area contributed by atoms with Gasteiger partial charge in [-0.15, -0.1) is 0 Å². The fourth-order valence-electron chi connectivity index (χ4n) is 1.91. The Kier molecular flexibility index (Phi) is 6.44. The van der Waals surface area contributed by atoms with Crippen LogP contribution in [0.4, 0.5) is 4.79 Å². The van der Waals surface area contributed by atoms with Crippen molar-refractivity contribution in [2.24, 2.45) is 0 Å². The number of esters is 1. The SMILES string of the molecule is CCCCOC(=O)CN1C(=O)S/C(=C/c2ccc(O)c(Br)c2)C1=O. The number of benzene rings is 1. The maximum atomic E-state index is 12.3. The number of hydrogen-bond donors (Lipinski definition) is 1. The number of aromatic hydroxyl groups is 1. The summed E-state index contributed by atoms with van der Waals surface area (Å²) in [4.78, 5) is 37.0. The van der Waals surface area contributed by atoms with Crippen LogP contribution in [0.3, 0.4) is 0 Å². The molecule has 1 aliphatic rings. The first-order valence-corrected chi connectivity index (χ1v) is 8.92. The molecule has 1 fully saturated rings. The van der Waals surface area contributed by atoms with Crippen LogP contribution in [0.2, 0.25) is 0 Å². The number of thioether (sulfide) groups is 1. The van der Waals surface area contributed by atoms with E-state index in [0.29, 0.717) is 10.0 Å². The number of rotatable bonds is 6. The Bertz CT molecular complexity index is 704. The molecule has 2 rings (SSSR count). The molecule has 128 valence electrons. The van der Waals surface area contributed by atoms with Gasteiger partial charge in [-0.05, 0) is 57.9 Å². The van der Waals surface area contributed by atoms with Gasteiger partial charge in [0.25, 0.3) is 11.1 Å². The van der Waals surface area contributed by atoms with E-state index in [1.807, 2.05) is 6.92 Å². The number of amides is 2. The molecule has 1 heterocycles. The monoisotopic (exact) mass is 413 g/mol. The third-order valence-corrected chi connectivity index (χ3v) is 4.73. The second-order valence-electron chi connectivity index (χ2n) is 5.05. The first kappa shape index (κ1) is 18.5. The third kappa shape index (κ3) is 4.61. The predicted molar refractivity (Wildman–Crippen MR) is 94.4 cm³/mol. The Morgan fingerprint density at radius 1 is 1.42 bits per heavy atom. The van der Waals surface area contributed by atoms with Gasteiger partial charge >= 0.3 is 5.97 Å². The highest BCUT2D eigenvalue weighted by Gasteiger charge is 2.36. The van der Waals surface area contributed by atoms with Crippen LogP contribution in [0.15, 0.2) is 27.6 Å². The van der Waals surface area contributed by atoms with Crippen molar-refractivity contribution >= 4 is 50.9 Å². The van der Waals surface area contributed by atoms with Crippen LogP contribution in [0.5, 0.6) is 5.75 Å². The maximum Gasteiger partial charge on any atom is 0.326 e. The molecular formula is C16H16BrNO5S. The summed E-state index contributed by atoms with van der Waals surface area (Å²) >= 11 is 3.96. The lowest BCUT2D eigenvalue weighted by Crippen LogP contribution is -2.34. The van der Waals surface area contributed by atoms with Crippen molar-refractivity contribution < 1.29 is 24.2 Å². The number of carbonyl (C=O) groups excluding carboxylic acids is 3. The van der Waals surface area contributed by atoms with E-state index < -0.39 is 17.1 Å². The van der Waals surface area contributed by atoms with E-state index in [9.17, 15) is 19.5 Å². The summed E-state index contributed by atoms with van der Waals surface area (Å²) in [5, 5.41) is 8.97. The molecule has 0 bridgehead atoms. The molecule has 1 saturated heterocycles. The standard InChI is InChI=1S/C16H16BrNO5S/c1-2-3-6-23-14(20)9-18-15(21)13(24-16(18)22)8-10-4-5-12(19)11(17)7-10/h4-5,7-8,19H,2-3,6,9H2,1H3/b13-8+. The molecule has 2 amide bonds. The zero-order valence-corrected chi connectivity index (χ0v) is 15.4. The zero-order valence-electron chi connectivity index (χ0n) is 13.0. The van der Waals surface area contributed by atoms with Crippen LogP contribution in [-0.2, 0) is 14.3 Å². The molecule has 1 aromatic carbocycles. The van der Waals surface area contributed by atoms with Gasteiger partial charge in [-0.2, -0.15) is 0 Å². The van der Waals surface area contributed by atoms with Crippen LogP contribution in [0, 0.1) is 0 Å². The molecule has 0 radical (unpaired) electrons. The molecule has 6 nitrogen and oxygen atoms in total. The van der Waals surface area contributed by atoms with E-state index in [4.69, 9.17) is 4.74 Å². The van der Waals surface area contributed by atoms with Gasteiger partial charge < -0.3 is 9.84 Å². The van der Waals surface area contributed by atoms with Gasteiger partial charge in [0.15, 0.2) is 0 Å². The van der Waals surface area contributed by atoms with Gasteiger partial charge in [0.2, 0.25) is 0 Å². The summed E-state index contributed by atoms with van der Waals surface area (Å²) in [7, 11) is 0. The van der Waals surface area contributed by atoms with Crippen molar-refractivity contribution in [3.8, 4) is 5.75 Å². The van der Waals surface area contributed by atoms with Crippen LogP contribution in [0.1, 0.15) is 25.3 Å². The van der Waals surface area contributed by atoms with Crippen LogP contribution in [-0.4, -0.2) is 40.3 Å². The Labute approximate surface area is 152 Å². The molecule has 0 spiro atoms. The lowest BCUT2D eigenvalue weighted by molar-refractivity contribution is -0.146. The molecule has 1 aromatic rings. The maximum absolute atomic E-state index is 12.3. The van der Waals surface area contributed by atoms with Gasteiger partial charge in [-0.3, -0.25) is 19.3 Å². The molecule has 0 atom stereocenters. The Morgan fingerprint density at radius 2 is 2.17 bits per heavy atom. The largest absolute Gasteiger partial charge is 0.507 e. The van der Waals surface area contributed by atoms with Gasteiger partial charge in [-0.1, -0.05) is 19.4 Å². The smallest absolute Gasteiger partial charge is 0.326 e. The van der Waals surface area contributed by atoms with Gasteiger partial charge in [0.05, 0.1) is 16.0 Å². The van der Waals surface area contributed by atoms with Crippen molar-refractivity contribution in [3.05, 3.63) is 33.1 Å². The number of hydrogen-bond acceptors (Lipinski definition) is 6. The van der Waals surface area contributed by atoms with Crippen molar-refractivity contribution in [1.82, 2.24) is 4.90 Å². The minimum atomic E-state index is -0.598. The minimum absolute atomic E-state index is 0.0788. The quantitative estimate of drug-likeness (QED) is 0.436. The summed E-state index contributed by atoms with van der Waals surface area (Å²) in [5.41, 5.74) is 0.649. The number of halogens is 1. The first-order valence-electron chi connectivity index (χ1n) is 7.32. The second kappa shape index (κ2) is 8.34. The highest BCUT2D eigenvalue weighted by Crippen LogP contribution is 2.33. The fourth-order valence-corrected chi connectivity index (χ4v) is 3.14. The lowest BCUT2D eigenvalue weighted by atomic mass is 10.2. The third-order valence-electron chi connectivity index (χ3n) is 3.19. The predicted octanol–water partition coefficient (Wildman–Crippen LogP) is 3.53. The summed E-state index contributed by atoms with van der Waals surface area (Å²) < 4.78 is 5.46. The van der Waals surface area contributed by atoms with Gasteiger partial charge in [0.1, 0.15) is 12.3 Å². The molecule has 0 aliphatic carbocycles. The highest BCUT2D eigenvalue weighted by molar-refractivity contribution is 9.10. The van der Waals surface area contributed by atoms with E-state index in [2.05, 4.69) is 15.9 Å². The number of phenols is 1. The van der Waals surface area contributed by atoms with E-state index in [0.717, 1.165) is 29.5 Å². The summed E-state index contributed by atoms with van der Waals surface area (Å²) in [6.45, 7) is 1.87.